The molecule has 5 heteroatoms. The lowest BCUT2D eigenvalue weighted by Crippen LogP contribution is -2.12. The number of benzene rings is 1. The van der Waals surface area contributed by atoms with Crippen molar-refractivity contribution in [1.82, 2.24) is 9.97 Å². The van der Waals surface area contributed by atoms with Crippen molar-refractivity contribution in [2.24, 2.45) is 5.92 Å². The first-order chi connectivity index (χ1) is 9.56. The molecule has 1 aromatic heterocycles. The van der Waals surface area contributed by atoms with Crippen LogP contribution in [0.2, 0.25) is 0 Å². The summed E-state index contributed by atoms with van der Waals surface area (Å²) >= 11 is 3.47. The van der Waals surface area contributed by atoms with Gasteiger partial charge in [0, 0.05) is 16.0 Å². The van der Waals surface area contributed by atoms with Gasteiger partial charge in [-0.1, -0.05) is 29.8 Å². The number of halogens is 1. The van der Waals surface area contributed by atoms with Crippen LogP contribution in [0.15, 0.2) is 28.9 Å². The van der Waals surface area contributed by atoms with Gasteiger partial charge >= 0.3 is 0 Å². The summed E-state index contributed by atoms with van der Waals surface area (Å²) in [5.74, 6) is 1.93. The molecule has 2 rings (SSSR count). The number of nitrogens with zero attached hydrogens (tertiary/aromatic N) is 1. The maximum atomic E-state index is 9.48. The standard InChI is InChI=1S/C15H19BrN2O2/c1-9(2)12(8-19)15-17-7-13(18-15)11-6-10(16)4-5-14(11)20-3/h4-7,9,12,19H,8H2,1-3H3,(H,17,18). The van der Waals surface area contributed by atoms with Gasteiger partial charge in [-0.25, -0.2) is 4.98 Å². The number of ether oxygens (including phenoxy) is 1. The van der Waals surface area contributed by atoms with E-state index >= 15 is 0 Å². The highest BCUT2D eigenvalue weighted by atomic mass is 79.9. The minimum atomic E-state index is 0.0156. The van der Waals surface area contributed by atoms with E-state index in [1.54, 1.807) is 13.3 Å². The molecular weight excluding hydrogens is 320 g/mol. The predicted molar refractivity (Wildman–Crippen MR) is 82.9 cm³/mol. The van der Waals surface area contributed by atoms with Gasteiger partial charge in [-0.05, 0) is 24.1 Å². The lowest BCUT2D eigenvalue weighted by atomic mass is 9.96. The molecule has 0 fully saturated rings. The number of aliphatic hydroxyl groups excluding tert-OH is 1. The highest BCUT2D eigenvalue weighted by molar-refractivity contribution is 9.10. The van der Waals surface area contributed by atoms with Crippen molar-refractivity contribution in [1.29, 1.82) is 0 Å². The minimum absolute atomic E-state index is 0.0156. The maximum absolute atomic E-state index is 9.48. The van der Waals surface area contributed by atoms with Crippen molar-refractivity contribution in [3.63, 3.8) is 0 Å². The molecule has 4 nitrogen and oxygen atoms in total. The van der Waals surface area contributed by atoms with Crippen molar-refractivity contribution >= 4 is 15.9 Å². The molecule has 0 radical (unpaired) electrons. The van der Waals surface area contributed by atoms with Gasteiger partial charge in [0.1, 0.15) is 11.6 Å². The molecule has 1 heterocycles. The Balaban J connectivity index is 2.40. The highest BCUT2D eigenvalue weighted by Crippen LogP contribution is 2.32. The Bertz CT molecular complexity index is 581. The van der Waals surface area contributed by atoms with Crippen molar-refractivity contribution < 1.29 is 9.84 Å². The molecular formula is C15H19BrN2O2. The first-order valence-electron chi connectivity index (χ1n) is 6.56. The first kappa shape index (κ1) is 15.1. The van der Waals surface area contributed by atoms with Gasteiger partial charge in [-0.2, -0.15) is 0 Å². The van der Waals surface area contributed by atoms with Crippen LogP contribution in [-0.2, 0) is 0 Å². The smallest absolute Gasteiger partial charge is 0.128 e. The molecule has 0 aliphatic carbocycles. The van der Waals surface area contributed by atoms with Gasteiger partial charge in [0.2, 0.25) is 0 Å². The molecule has 1 unspecified atom stereocenters. The van der Waals surface area contributed by atoms with Gasteiger partial charge in [0.05, 0.1) is 25.6 Å². The van der Waals surface area contributed by atoms with E-state index in [1.807, 2.05) is 18.2 Å². The number of hydrogen-bond acceptors (Lipinski definition) is 3. The van der Waals surface area contributed by atoms with Gasteiger partial charge in [-0.3, -0.25) is 0 Å². The number of aliphatic hydroxyl groups is 1. The zero-order valence-electron chi connectivity index (χ0n) is 11.9. The van der Waals surface area contributed by atoms with E-state index in [0.29, 0.717) is 5.92 Å². The van der Waals surface area contributed by atoms with E-state index in [9.17, 15) is 5.11 Å². The van der Waals surface area contributed by atoms with Crippen LogP contribution >= 0.6 is 15.9 Å². The normalized spacial score (nSPS) is 12.7. The Morgan fingerprint density at radius 2 is 2.15 bits per heavy atom. The SMILES string of the molecule is COc1ccc(Br)cc1-c1cnc(C(CO)C(C)C)[nH]1. The summed E-state index contributed by atoms with van der Waals surface area (Å²) in [6, 6.07) is 5.83. The topological polar surface area (TPSA) is 58.1 Å². The van der Waals surface area contributed by atoms with Gasteiger partial charge < -0.3 is 14.8 Å². The Hall–Kier alpha value is -1.33. The Morgan fingerprint density at radius 1 is 1.40 bits per heavy atom. The average molecular weight is 339 g/mol. The van der Waals surface area contributed by atoms with Gasteiger partial charge in [0.15, 0.2) is 0 Å². The van der Waals surface area contributed by atoms with Crippen LogP contribution in [0.1, 0.15) is 25.6 Å². The lowest BCUT2D eigenvalue weighted by Gasteiger charge is -2.15. The van der Waals surface area contributed by atoms with E-state index in [1.165, 1.54) is 0 Å². The summed E-state index contributed by atoms with van der Waals surface area (Å²) in [6.07, 6.45) is 1.78. The Kier molecular flexibility index (Phi) is 4.83. The van der Waals surface area contributed by atoms with Crippen LogP contribution < -0.4 is 4.74 Å². The largest absolute Gasteiger partial charge is 0.496 e. The van der Waals surface area contributed by atoms with Crippen LogP contribution in [-0.4, -0.2) is 28.8 Å². The van der Waals surface area contributed by atoms with Crippen LogP contribution in [0, 0.1) is 5.92 Å². The molecule has 1 aromatic carbocycles. The average Bonchev–Trinajstić information content (AvgIpc) is 2.88. The number of imidazole rings is 1. The molecule has 108 valence electrons. The van der Waals surface area contributed by atoms with Crippen LogP contribution in [0.5, 0.6) is 5.75 Å². The summed E-state index contributed by atoms with van der Waals surface area (Å²) in [4.78, 5) is 7.70. The molecule has 0 saturated carbocycles. The summed E-state index contributed by atoms with van der Waals surface area (Å²) < 4.78 is 6.36. The molecule has 2 N–H and O–H groups in total. The second-order valence-electron chi connectivity index (χ2n) is 5.06. The third kappa shape index (κ3) is 3.04. The Morgan fingerprint density at radius 3 is 2.75 bits per heavy atom. The fourth-order valence-electron chi connectivity index (χ4n) is 2.17. The highest BCUT2D eigenvalue weighted by Gasteiger charge is 2.19. The van der Waals surface area contributed by atoms with Crippen molar-refractivity contribution in [3.8, 4) is 17.0 Å². The molecule has 0 aliphatic heterocycles. The van der Waals surface area contributed by atoms with Crippen LogP contribution in [0.4, 0.5) is 0 Å². The minimum Gasteiger partial charge on any atom is -0.496 e. The monoisotopic (exact) mass is 338 g/mol. The number of nitrogens with one attached hydrogen (secondary N) is 1. The number of H-pyrrole nitrogens is 1. The molecule has 20 heavy (non-hydrogen) atoms. The van der Waals surface area contributed by atoms with E-state index in [0.717, 1.165) is 27.3 Å². The first-order valence-corrected chi connectivity index (χ1v) is 7.35. The lowest BCUT2D eigenvalue weighted by molar-refractivity contribution is 0.232. The third-order valence-corrected chi connectivity index (χ3v) is 3.89. The van der Waals surface area contributed by atoms with E-state index in [-0.39, 0.29) is 12.5 Å². The molecule has 2 aromatic rings. The summed E-state index contributed by atoms with van der Waals surface area (Å²) in [7, 11) is 1.65. The zero-order valence-corrected chi connectivity index (χ0v) is 13.4. The quantitative estimate of drug-likeness (QED) is 0.875. The number of aromatic nitrogens is 2. The number of methoxy groups -OCH3 is 1. The maximum Gasteiger partial charge on any atom is 0.128 e. The molecule has 0 saturated heterocycles. The van der Waals surface area contributed by atoms with E-state index < -0.39 is 0 Å². The van der Waals surface area contributed by atoms with Crippen LogP contribution in [0.3, 0.4) is 0 Å². The fourth-order valence-corrected chi connectivity index (χ4v) is 2.53. The molecule has 0 amide bonds. The summed E-state index contributed by atoms with van der Waals surface area (Å²) in [5.41, 5.74) is 1.83. The van der Waals surface area contributed by atoms with Crippen LogP contribution in [0.25, 0.3) is 11.3 Å². The van der Waals surface area contributed by atoms with Gasteiger partial charge in [0.25, 0.3) is 0 Å². The molecule has 0 aliphatic rings. The predicted octanol–water partition coefficient (Wildman–Crippen LogP) is 3.58. The second kappa shape index (κ2) is 6.41. The Labute approximate surface area is 127 Å². The van der Waals surface area contributed by atoms with Crippen molar-refractivity contribution in [2.75, 3.05) is 13.7 Å². The fraction of sp³-hybridized carbons (Fsp3) is 0.400. The number of aromatic amines is 1. The summed E-state index contributed by atoms with van der Waals surface area (Å²) in [6.45, 7) is 4.23. The van der Waals surface area contributed by atoms with Crippen molar-refractivity contribution in [3.05, 3.63) is 34.7 Å². The van der Waals surface area contributed by atoms with Crippen molar-refractivity contribution in [2.45, 2.75) is 19.8 Å². The number of rotatable bonds is 5. The van der Waals surface area contributed by atoms with Gasteiger partial charge in [-0.15, -0.1) is 0 Å². The molecule has 0 spiro atoms. The zero-order chi connectivity index (χ0) is 14.7. The second-order valence-corrected chi connectivity index (χ2v) is 5.98. The molecule has 1 atom stereocenters. The third-order valence-electron chi connectivity index (χ3n) is 3.40. The number of hydrogen-bond donors (Lipinski definition) is 2. The molecule has 0 bridgehead atoms. The van der Waals surface area contributed by atoms with E-state index in [2.05, 4.69) is 39.7 Å². The summed E-state index contributed by atoms with van der Waals surface area (Å²) in [5, 5.41) is 9.48. The van der Waals surface area contributed by atoms with E-state index in [4.69, 9.17) is 4.74 Å².